The van der Waals surface area contributed by atoms with E-state index in [1.807, 2.05) is 27.0 Å². The Morgan fingerprint density at radius 1 is 1.32 bits per heavy atom. The fourth-order valence-electron chi connectivity index (χ4n) is 2.15. The third kappa shape index (κ3) is 2.86. The Morgan fingerprint density at radius 2 is 2.14 bits per heavy atom. The fourth-order valence-corrected chi connectivity index (χ4v) is 3.85. The minimum atomic E-state index is -0.315. The van der Waals surface area contributed by atoms with Gasteiger partial charge in [0, 0.05) is 24.3 Å². The zero-order chi connectivity index (χ0) is 15.7. The summed E-state index contributed by atoms with van der Waals surface area (Å²) in [6, 6.07) is 5.62. The summed E-state index contributed by atoms with van der Waals surface area (Å²) >= 11 is 3.06. The van der Waals surface area contributed by atoms with Gasteiger partial charge in [0.05, 0.1) is 0 Å². The number of aromatic nitrogens is 2. The number of thioether (sulfide) groups is 1. The number of nitrogens with zero attached hydrogens (tertiary/aromatic N) is 2. The van der Waals surface area contributed by atoms with Crippen molar-refractivity contribution in [1.82, 2.24) is 10.2 Å². The molecule has 0 spiro atoms. The molecule has 3 aromatic rings. The molecule has 2 aromatic heterocycles. The molecule has 5 nitrogen and oxygen atoms in total. The Balaban J connectivity index is 1.96. The smallest absolute Gasteiger partial charge is 0.336 e. The second-order valence-corrected chi connectivity index (χ2v) is 7.09. The van der Waals surface area contributed by atoms with Gasteiger partial charge in [-0.25, -0.2) is 4.79 Å². The van der Waals surface area contributed by atoms with Crippen molar-refractivity contribution in [2.24, 2.45) is 0 Å². The first-order valence-electron chi connectivity index (χ1n) is 6.75. The van der Waals surface area contributed by atoms with Gasteiger partial charge in [-0.3, -0.25) is 0 Å². The molecule has 0 atom stereocenters. The third-order valence-electron chi connectivity index (χ3n) is 3.49. The van der Waals surface area contributed by atoms with Crippen LogP contribution in [0.5, 0.6) is 0 Å². The number of hydrogen-bond donors (Lipinski definition) is 1. The van der Waals surface area contributed by atoms with Crippen molar-refractivity contribution in [3.8, 4) is 0 Å². The zero-order valence-corrected chi connectivity index (χ0v) is 14.1. The van der Waals surface area contributed by atoms with Crippen molar-refractivity contribution in [2.75, 3.05) is 12.4 Å². The Hall–Kier alpha value is -1.86. The van der Waals surface area contributed by atoms with Crippen LogP contribution >= 0.6 is 23.1 Å². The summed E-state index contributed by atoms with van der Waals surface area (Å²) in [6.07, 6.45) is 0. The quantitative estimate of drug-likeness (QED) is 0.581. The zero-order valence-electron chi connectivity index (χ0n) is 12.5. The molecule has 0 radical (unpaired) electrons. The van der Waals surface area contributed by atoms with E-state index < -0.39 is 0 Å². The third-order valence-corrected chi connectivity index (χ3v) is 5.61. The summed E-state index contributed by atoms with van der Waals surface area (Å²) < 4.78 is 6.26. The largest absolute Gasteiger partial charge is 0.422 e. The van der Waals surface area contributed by atoms with Gasteiger partial charge in [-0.2, -0.15) is 0 Å². The summed E-state index contributed by atoms with van der Waals surface area (Å²) in [6.45, 7) is 3.98. The van der Waals surface area contributed by atoms with Gasteiger partial charge in [-0.1, -0.05) is 35.2 Å². The molecule has 0 fully saturated rings. The van der Waals surface area contributed by atoms with Crippen LogP contribution in [0.3, 0.4) is 0 Å². The summed E-state index contributed by atoms with van der Waals surface area (Å²) in [5.74, 6) is 0.656. The van der Waals surface area contributed by atoms with Crippen molar-refractivity contribution < 1.29 is 4.42 Å². The number of fused-ring (bicyclic) bond motifs is 1. The van der Waals surface area contributed by atoms with Crippen LogP contribution in [-0.4, -0.2) is 17.2 Å². The maximum atomic E-state index is 11.8. The highest BCUT2D eigenvalue weighted by Crippen LogP contribution is 2.31. The molecular weight excluding hydrogens is 318 g/mol. The van der Waals surface area contributed by atoms with Gasteiger partial charge in [0.15, 0.2) is 4.34 Å². The lowest BCUT2D eigenvalue weighted by atomic mass is 10.0. The van der Waals surface area contributed by atoms with E-state index in [0.717, 1.165) is 31.5 Å². The summed E-state index contributed by atoms with van der Waals surface area (Å²) in [7, 11) is 1.82. The second kappa shape index (κ2) is 6.10. The van der Waals surface area contributed by atoms with Gasteiger partial charge >= 0.3 is 5.63 Å². The van der Waals surface area contributed by atoms with Crippen LogP contribution in [0.15, 0.2) is 31.8 Å². The van der Waals surface area contributed by atoms with Gasteiger partial charge in [0.1, 0.15) is 5.58 Å². The minimum absolute atomic E-state index is 0.315. The average Bonchev–Trinajstić information content (AvgIpc) is 2.97. The Labute approximate surface area is 135 Å². The van der Waals surface area contributed by atoms with Crippen molar-refractivity contribution >= 4 is 39.2 Å². The lowest BCUT2D eigenvalue weighted by molar-refractivity contribution is 0.557. The highest BCUT2D eigenvalue weighted by atomic mass is 32.2. The lowest BCUT2D eigenvalue weighted by Crippen LogP contribution is -2.01. The predicted octanol–water partition coefficient (Wildman–Crippen LogP) is 3.60. The number of hydrogen-bond acceptors (Lipinski definition) is 7. The first kappa shape index (κ1) is 15.1. The van der Waals surface area contributed by atoms with E-state index in [4.69, 9.17) is 4.42 Å². The van der Waals surface area contributed by atoms with E-state index in [-0.39, 0.29) is 5.63 Å². The first-order chi connectivity index (χ1) is 10.6. The molecule has 3 rings (SSSR count). The number of aryl methyl sites for hydroxylation is 2. The van der Waals surface area contributed by atoms with E-state index in [1.165, 1.54) is 11.3 Å². The molecule has 0 aliphatic heterocycles. The molecule has 1 aromatic carbocycles. The van der Waals surface area contributed by atoms with Gasteiger partial charge in [0.25, 0.3) is 0 Å². The average molecular weight is 333 g/mol. The first-order valence-corrected chi connectivity index (χ1v) is 8.55. The molecule has 7 heteroatoms. The number of nitrogens with one attached hydrogen (secondary N) is 1. The van der Waals surface area contributed by atoms with Crippen LogP contribution in [0.1, 0.15) is 16.7 Å². The second-order valence-electron chi connectivity index (χ2n) is 4.89. The summed E-state index contributed by atoms with van der Waals surface area (Å²) in [4.78, 5) is 11.8. The molecule has 1 N–H and O–H groups in total. The van der Waals surface area contributed by atoms with Gasteiger partial charge < -0.3 is 9.73 Å². The van der Waals surface area contributed by atoms with Crippen molar-refractivity contribution in [2.45, 2.75) is 23.9 Å². The molecule has 0 aliphatic carbocycles. The van der Waals surface area contributed by atoms with Gasteiger partial charge in [0.2, 0.25) is 5.13 Å². The maximum absolute atomic E-state index is 11.8. The number of benzene rings is 1. The molecule has 0 amide bonds. The molecule has 0 saturated carbocycles. The van der Waals surface area contributed by atoms with Crippen molar-refractivity contribution in [3.05, 3.63) is 45.3 Å². The monoisotopic (exact) mass is 333 g/mol. The molecule has 2 heterocycles. The summed E-state index contributed by atoms with van der Waals surface area (Å²) in [5.41, 5.74) is 3.44. The molecule has 114 valence electrons. The van der Waals surface area contributed by atoms with E-state index in [1.54, 1.807) is 17.8 Å². The maximum Gasteiger partial charge on any atom is 0.336 e. The van der Waals surface area contributed by atoms with Gasteiger partial charge in [-0.05, 0) is 30.5 Å². The van der Waals surface area contributed by atoms with Crippen LogP contribution in [0.4, 0.5) is 5.13 Å². The standard InChI is InChI=1S/C15H15N3O2S2/c1-8-4-5-11-10(6-12(19)20-13(11)9(8)2)7-21-15-18-17-14(16-3)22-15/h4-6H,7H2,1-3H3,(H,16,17). The molecular formula is C15H15N3O2S2. The van der Waals surface area contributed by atoms with Crippen LogP contribution < -0.4 is 10.9 Å². The van der Waals surface area contributed by atoms with Crippen LogP contribution in [0.2, 0.25) is 0 Å². The van der Waals surface area contributed by atoms with E-state index in [2.05, 4.69) is 21.6 Å². The number of rotatable bonds is 4. The predicted molar refractivity (Wildman–Crippen MR) is 91.0 cm³/mol. The van der Waals surface area contributed by atoms with Gasteiger partial charge in [-0.15, -0.1) is 10.2 Å². The van der Waals surface area contributed by atoms with Crippen molar-refractivity contribution in [3.63, 3.8) is 0 Å². The Kier molecular flexibility index (Phi) is 4.17. The molecule has 0 aliphatic rings. The summed E-state index contributed by atoms with van der Waals surface area (Å²) in [5, 5.41) is 12.8. The van der Waals surface area contributed by atoms with Crippen LogP contribution in [0, 0.1) is 13.8 Å². The minimum Gasteiger partial charge on any atom is -0.422 e. The highest BCUT2D eigenvalue weighted by Gasteiger charge is 2.11. The molecule has 22 heavy (non-hydrogen) atoms. The molecule has 0 unspecified atom stereocenters. The highest BCUT2D eigenvalue weighted by molar-refractivity contribution is 8.00. The van der Waals surface area contributed by atoms with Crippen LogP contribution in [-0.2, 0) is 5.75 Å². The van der Waals surface area contributed by atoms with Crippen molar-refractivity contribution in [1.29, 1.82) is 0 Å². The lowest BCUT2D eigenvalue weighted by Gasteiger charge is -2.08. The molecule has 0 saturated heterocycles. The molecule has 0 bridgehead atoms. The SMILES string of the molecule is CNc1nnc(SCc2cc(=O)oc3c(C)c(C)ccc23)s1. The van der Waals surface area contributed by atoms with E-state index >= 15 is 0 Å². The fraction of sp³-hybridized carbons (Fsp3) is 0.267. The Bertz CT molecular complexity index is 886. The Morgan fingerprint density at radius 3 is 2.86 bits per heavy atom. The number of anilines is 1. The topological polar surface area (TPSA) is 68.0 Å². The van der Waals surface area contributed by atoms with E-state index in [0.29, 0.717) is 11.3 Å². The normalized spacial score (nSPS) is 11.0. The van der Waals surface area contributed by atoms with Crippen LogP contribution in [0.25, 0.3) is 11.0 Å². The van der Waals surface area contributed by atoms with E-state index in [9.17, 15) is 4.79 Å².